The number of amides is 1. The monoisotopic (exact) mass is 217 g/mol. The van der Waals surface area contributed by atoms with Crippen molar-refractivity contribution in [3.8, 4) is 0 Å². The maximum atomic E-state index is 11.2. The van der Waals surface area contributed by atoms with Gasteiger partial charge in [-0.15, -0.1) is 0 Å². The Hall–Kier alpha value is -1.04. The second-order valence-electron chi connectivity index (χ2n) is 2.79. The molecule has 0 aliphatic carbocycles. The van der Waals surface area contributed by atoms with Crippen LogP contribution in [0.3, 0.4) is 0 Å². The Bertz CT molecular complexity index is 266. The zero-order chi connectivity index (χ0) is 10.6. The van der Waals surface area contributed by atoms with E-state index in [1.165, 1.54) is 11.4 Å². The molecule has 0 aromatic heterocycles. The van der Waals surface area contributed by atoms with Gasteiger partial charge in [0.25, 0.3) is 0 Å². The molecule has 0 atom stereocenters. The molecular weight excluding hydrogens is 206 g/mol. The molecule has 14 heavy (non-hydrogen) atoms. The molecule has 1 amide bonds. The molecule has 1 saturated heterocycles. The first kappa shape index (κ1) is 11.0. The van der Waals surface area contributed by atoms with Crippen LogP contribution in [0.15, 0.2) is 0 Å². The number of carbonyl (C=O) groups excluding carboxylic acids is 3. The van der Waals surface area contributed by atoms with E-state index in [1.807, 2.05) is 0 Å². The first-order valence-corrected chi connectivity index (χ1v) is 4.99. The third-order valence-corrected chi connectivity index (χ3v) is 2.79. The minimum atomic E-state index is -0.408. The third kappa shape index (κ3) is 3.02. The van der Waals surface area contributed by atoms with Crippen LogP contribution in [0.2, 0.25) is 0 Å². The summed E-state index contributed by atoms with van der Waals surface area (Å²) in [5, 5.41) is -0.177. The highest BCUT2D eigenvalue weighted by Crippen LogP contribution is 2.22. The van der Waals surface area contributed by atoms with Crippen molar-refractivity contribution in [2.45, 2.75) is 19.3 Å². The third-order valence-electron chi connectivity index (χ3n) is 1.78. The van der Waals surface area contributed by atoms with Crippen molar-refractivity contribution >= 4 is 28.9 Å². The highest BCUT2D eigenvalue weighted by atomic mass is 32.2. The number of nitrogens with zero attached hydrogens (tertiary/aromatic N) is 1. The average Bonchev–Trinajstić information content (AvgIpc) is 2.20. The first-order valence-electron chi connectivity index (χ1n) is 4.21. The van der Waals surface area contributed by atoms with Crippen molar-refractivity contribution in [1.82, 2.24) is 4.31 Å². The molecule has 1 heterocycles. The van der Waals surface area contributed by atoms with Gasteiger partial charge in [0, 0.05) is 31.3 Å². The molecule has 0 aromatic carbocycles. The van der Waals surface area contributed by atoms with Gasteiger partial charge in [0.1, 0.15) is 0 Å². The Balaban J connectivity index is 2.16. The molecular formula is C8H11NO4S. The second kappa shape index (κ2) is 4.99. The number of rotatable bonds is 4. The number of methoxy groups -OCH3 is 1. The van der Waals surface area contributed by atoms with Crippen LogP contribution >= 0.6 is 11.9 Å². The Labute approximate surface area is 85.9 Å². The van der Waals surface area contributed by atoms with E-state index in [0.29, 0.717) is 13.0 Å². The number of esters is 1. The van der Waals surface area contributed by atoms with E-state index in [2.05, 4.69) is 4.74 Å². The molecule has 1 fully saturated rings. The molecule has 0 radical (unpaired) electrons. The van der Waals surface area contributed by atoms with Crippen LogP contribution in [0.5, 0.6) is 0 Å². The van der Waals surface area contributed by atoms with Crippen LogP contribution in [-0.2, 0) is 19.1 Å². The van der Waals surface area contributed by atoms with Gasteiger partial charge < -0.3 is 4.74 Å². The van der Waals surface area contributed by atoms with Gasteiger partial charge in [-0.25, -0.2) is 0 Å². The zero-order valence-corrected chi connectivity index (χ0v) is 8.63. The Kier molecular flexibility index (Phi) is 3.94. The van der Waals surface area contributed by atoms with Gasteiger partial charge in [0.2, 0.25) is 11.0 Å². The van der Waals surface area contributed by atoms with Crippen LogP contribution in [0.1, 0.15) is 19.3 Å². The maximum absolute atomic E-state index is 11.2. The van der Waals surface area contributed by atoms with E-state index in [0.717, 1.165) is 11.9 Å². The number of hydrogen-bond acceptors (Lipinski definition) is 5. The van der Waals surface area contributed by atoms with E-state index in [1.54, 1.807) is 0 Å². The standard InChI is InChI=1S/C8H11NO4S/c1-13-7(11)2-3-8(12)14-9-5-4-6(9)10/h2-5H2,1H3. The zero-order valence-electron chi connectivity index (χ0n) is 7.82. The summed E-state index contributed by atoms with van der Waals surface area (Å²) in [6.45, 7) is 0.619. The predicted molar refractivity (Wildman–Crippen MR) is 50.2 cm³/mol. The van der Waals surface area contributed by atoms with Crippen molar-refractivity contribution in [3.63, 3.8) is 0 Å². The molecule has 78 valence electrons. The quantitative estimate of drug-likeness (QED) is 0.386. The van der Waals surface area contributed by atoms with Crippen LogP contribution in [-0.4, -0.2) is 35.0 Å². The van der Waals surface area contributed by atoms with Gasteiger partial charge in [-0.05, 0) is 0 Å². The normalized spacial score (nSPS) is 14.9. The molecule has 0 saturated carbocycles. The van der Waals surface area contributed by atoms with E-state index in [-0.39, 0.29) is 23.9 Å². The summed E-state index contributed by atoms with van der Waals surface area (Å²) >= 11 is 0.884. The summed E-state index contributed by atoms with van der Waals surface area (Å²) in [7, 11) is 1.28. The van der Waals surface area contributed by atoms with E-state index in [9.17, 15) is 14.4 Å². The summed E-state index contributed by atoms with van der Waals surface area (Å²) in [5.74, 6) is -0.435. The van der Waals surface area contributed by atoms with Crippen molar-refractivity contribution in [1.29, 1.82) is 0 Å². The minimum Gasteiger partial charge on any atom is -0.469 e. The summed E-state index contributed by atoms with van der Waals surface area (Å²) in [6, 6.07) is 0. The van der Waals surface area contributed by atoms with Crippen molar-refractivity contribution in [2.24, 2.45) is 0 Å². The molecule has 0 unspecified atom stereocenters. The molecule has 1 rings (SSSR count). The summed E-state index contributed by atoms with van der Waals surface area (Å²) in [6.07, 6.45) is 0.697. The predicted octanol–water partition coefficient (Wildman–Crippen LogP) is 0.347. The van der Waals surface area contributed by atoms with Crippen LogP contribution in [0.25, 0.3) is 0 Å². The minimum absolute atomic E-state index is 0.0265. The molecule has 0 bridgehead atoms. The molecule has 1 aliphatic heterocycles. The van der Waals surface area contributed by atoms with Gasteiger partial charge >= 0.3 is 5.97 Å². The lowest BCUT2D eigenvalue weighted by Gasteiger charge is -2.27. The lowest BCUT2D eigenvalue weighted by molar-refractivity contribution is -0.141. The Morgan fingerprint density at radius 3 is 2.64 bits per heavy atom. The topological polar surface area (TPSA) is 63.7 Å². The number of carbonyl (C=O) groups is 3. The molecule has 0 N–H and O–H groups in total. The lowest BCUT2D eigenvalue weighted by Crippen LogP contribution is -2.38. The molecule has 6 heteroatoms. The fourth-order valence-electron chi connectivity index (χ4n) is 0.866. The van der Waals surface area contributed by atoms with Crippen molar-refractivity contribution in [2.75, 3.05) is 13.7 Å². The SMILES string of the molecule is COC(=O)CCC(=O)SN1CCC1=O. The fourth-order valence-corrected chi connectivity index (χ4v) is 1.68. The smallest absolute Gasteiger partial charge is 0.305 e. The molecule has 1 aliphatic rings. The highest BCUT2D eigenvalue weighted by molar-refractivity contribution is 8.12. The number of hydrogen-bond donors (Lipinski definition) is 0. The van der Waals surface area contributed by atoms with Crippen molar-refractivity contribution < 1.29 is 19.1 Å². The van der Waals surface area contributed by atoms with Crippen molar-refractivity contribution in [3.05, 3.63) is 0 Å². The van der Waals surface area contributed by atoms with Gasteiger partial charge in [0.15, 0.2) is 0 Å². The van der Waals surface area contributed by atoms with Crippen LogP contribution in [0, 0.1) is 0 Å². The molecule has 0 spiro atoms. The summed E-state index contributed by atoms with van der Waals surface area (Å²) < 4.78 is 5.79. The van der Waals surface area contributed by atoms with E-state index < -0.39 is 5.97 Å². The Morgan fingerprint density at radius 2 is 2.21 bits per heavy atom. The first-order chi connectivity index (χ1) is 6.63. The van der Waals surface area contributed by atoms with Gasteiger partial charge in [-0.1, -0.05) is 0 Å². The lowest BCUT2D eigenvalue weighted by atomic mass is 10.3. The number of β-lactam (4-membered cyclic amide) rings is 1. The summed E-state index contributed by atoms with van der Waals surface area (Å²) in [4.78, 5) is 32.7. The molecule has 0 aromatic rings. The van der Waals surface area contributed by atoms with E-state index in [4.69, 9.17) is 0 Å². The van der Waals surface area contributed by atoms with Gasteiger partial charge in [0.05, 0.1) is 13.5 Å². The van der Waals surface area contributed by atoms with Gasteiger partial charge in [-0.3, -0.25) is 18.7 Å². The van der Waals surface area contributed by atoms with E-state index >= 15 is 0 Å². The molecule has 5 nitrogen and oxygen atoms in total. The highest BCUT2D eigenvalue weighted by Gasteiger charge is 2.26. The second-order valence-corrected chi connectivity index (χ2v) is 3.86. The Morgan fingerprint density at radius 1 is 1.50 bits per heavy atom. The summed E-state index contributed by atoms with van der Waals surface area (Å²) in [5.41, 5.74) is 0. The fraction of sp³-hybridized carbons (Fsp3) is 0.625. The largest absolute Gasteiger partial charge is 0.469 e. The number of ether oxygens (including phenoxy) is 1. The maximum Gasteiger partial charge on any atom is 0.305 e. The average molecular weight is 217 g/mol. The van der Waals surface area contributed by atoms with Crippen LogP contribution < -0.4 is 0 Å². The van der Waals surface area contributed by atoms with Gasteiger partial charge in [-0.2, -0.15) is 0 Å². The van der Waals surface area contributed by atoms with Crippen LogP contribution in [0.4, 0.5) is 0 Å².